The number of hydrogen-bond donors (Lipinski definition) is 0. The zero-order valence-electron chi connectivity index (χ0n) is 3.53. The second kappa shape index (κ2) is 8.82. The van der Waals surface area contributed by atoms with Gasteiger partial charge in [-0.05, 0) is 0 Å². The van der Waals surface area contributed by atoms with E-state index in [-0.39, 0.29) is 21.1 Å². The van der Waals surface area contributed by atoms with Gasteiger partial charge in [0.15, 0.2) is 0 Å². The molecule has 0 saturated carbocycles. The van der Waals surface area contributed by atoms with Crippen LogP contribution < -0.4 is 0 Å². The molecule has 0 atom stereocenters. The molecule has 5 heavy (non-hydrogen) atoms. The van der Waals surface area contributed by atoms with E-state index >= 15 is 0 Å². The van der Waals surface area contributed by atoms with Gasteiger partial charge in [0.2, 0.25) is 0 Å². The molecule has 0 aromatic carbocycles. The Morgan fingerprint density at radius 3 is 1.80 bits per heavy atom. The first-order valence-corrected chi connectivity index (χ1v) is 1.71. The molecule has 0 spiro atoms. The van der Waals surface area contributed by atoms with Crippen molar-refractivity contribution in [2.24, 2.45) is 0 Å². The fourth-order valence-corrected chi connectivity index (χ4v) is 0. The van der Waals surface area contributed by atoms with E-state index in [0.29, 0.717) is 0 Å². The summed E-state index contributed by atoms with van der Waals surface area (Å²) in [5, 5.41) is 0. The molecule has 0 heterocycles. The van der Waals surface area contributed by atoms with E-state index in [1.54, 1.807) is 0 Å². The Morgan fingerprint density at radius 1 is 1.60 bits per heavy atom. The van der Waals surface area contributed by atoms with Crippen molar-refractivity contribution < 1.29 is 21.1 Å². The molecule has 0 unspecified atom stereocenters. The standard InChI is InChI=1S/C4H9.W/c1-3-4-2;/h1,3-4H2,2H3;/q-1;. The molecule has 0 amide bonds. The van der Waals surface area contributed by atoms with E-state index in [2.05, 4.69) is 13.8 Å². The maximum atomic E-state index is 3.60. The van der Waals surface area contributed by atoms with Gasteiger partial charge in [-0.2, -0.15) is 6.42 Å². The summed E-state index contributed by atoms with van der Waals surface area (Å²) < 4.78 is 0. The molecule has 0 bridgehead atoms. The molecule has 0 radical (unpaired) electrons. The predicted molar refractivity (Wildman–Crippen MR) is 20.3 cm³/mol. The van der Waals surface area contributed by atoms with Crippen molar-refractivity contribution in [3.05, 3.63) is 6.92 Å². The largest absolute Gasteiger partial charge is 0.343 e. The van der Waals surface area contributed by atoms with Crippen molar-refractivity contribution in [1.82, 2.24) is 0 Å². The minimum Gasteiger partial charge on any atom is -0.343 e. The van der Waals surface area contributed by atoms with Crippen LogP contribution in [-0.2, 0) is 21.1 Å². The molecule has 0 rings (SSSR count). The van der Waals surface area contributed by atoms with Crippen molar-refractivity contribution in [2.45, 2.75) is 19.8 Å². The summed E-state index contributed by atoms with van der Waals surface area (Å²) in [5.41, 5.74) is 0. The summed E-state index contributed by atoms with van der Waals surface area (Å²) in [7, 11) is 0. The molecule has 1 heteroatoms. The van der Waals surface area contributed by atoms with Crippen LogP contribution in [0.4, 0.5) is 0 Å². The van der Waals surface area contributed by atoms with Crippen molar-refractivity contribution in [2.75, 3.05) is 0 Å². The van der Waals surface area contributed by atoms with Gasteiger partial charge < -0.3 is 6.92 Å². The fraction of sp³-hybridized carbons (Fsp3) is 0.750. The van der Waals surface area contributed by atoms with E-state index in [9.17, 15) is 0 Å². The van der Waals surface area contributed by atoms with E-state index in [1.165, 1.54) is 6.42 Å². The molecular formula is C4H9W-. The fourth-order valence-electron chi connectivity index (χ4n) is 0. The van der Waals surface area contributed by atoms with Crippen LogP contribution in [0, 0.1) is 6.92 Å². The maximum Gasteiger partial charge on any atom is 0 e. The monoisotopic (exact) mass is 241 g/mol. The zero-order chi connectivity index (χ0) is 3.41. The topological polar surface area (TPSA) is 0 Å². The molecule has 0 aliphatic heterocycles. The summed E-state index contributed by atoms with van der Waals surface area (Å²) in [5.74, 6) is 0. The SMILES string of the molecule is [CH2-]CCC.[W]. The van der Waals surface area contributed by atoms with Crippen LogP contribution in [0.15, 0.2) is 0 Å². The van der Waals surface area contributed by atoms with Gasteiger partial charge in [-0.15, -0.1) is 0 Å². The minimum absolute atomic E-state index is 0. The van der Waals surface area contributed by atoms with Crippen molar-refractivity contribution in [3.8, 4) is 0 Å². The summed E-state index contributed by atoms with van der Waals surface area (Å²) in [6.07, 6.45) is 2.28. The van der Waals surface area contributed by atoms with Crippen LogP contribution in [0.1, 0.15) is 19.8 Å². The van der Waals surface area contributed by atoms with Crippen LogP contribution >= 0.6 is 0 Å². The Kier molecular flexibility index (Phi) is 16.2. The number of rotatable bonds is 1. The average molecular weight is 241 g/mol. The minimum atomic E-state index is 0. The van der Waals surface area contributed by atoms with E-state index < -0.39 is 0 Å². The Balaban J connectivity index is 0. The van der Waals surface area contributed by atoms with Crippen LogP contribution in [0.2, 0.25) is 0 Å². The van der Waals surface area contributed by atoms with Crippen LogP contribution in [0.5, 0.6) is 0 Å². The molecule has 0 aromatic heterocycles. The van der Waals surface area contributed by atoms with E-state index in [0.717, 1.165) is 6.42 Å². The Bertz CT molecular complexity index is 5.61. The van der Waals surface area contributed by atoms with Gasteiger partial charge in [0.1, 0.15) is 0 Å². The second-order valence-corrected chi connectivity index (χ2v) is 0.854. The van der Waals surface area contributed by atoms with Gasteiger partial charge in [0, 0.05) is 21.1 Å². The number of unbranched alkanes of at least 4 members (excludes halogenated alkanes) is 1. The summed E-state index contributed by atoms with van der Waals surface area (Å²) >= 11 is 0. The van der Waals surface area contributed by atoms with Gasteiger partial charge in [-0.3, -0.25) is 0 Å². The van der Waals surface area contributed by atoms with Crippen molar-refractivity contribution >= 4 is 0 Å². The quantitative estimate of drug-likeness (QED) is 0.612. The molecule has 0 nitrogen and oxygen atoms in total. The first-order chi connectivity index (χ1) is 1.91. The van der Waals surface area contributed by atoms with Crippen LogP contribution in [0.3, 0.4) is 0 Å². The third-order valence-corrected chi connectivity index (χ3v) is 0.354. The average Bonchev–Trinajstić information content (AvgIpc) is 1.37. The van der Waals surface area contributed by atoms with Crippen LogP contribution in [0.25, 0.3) is 0 Å². The van der Waals surface area contributed by atoms with Crippen molar-refractivity contribution in [3.63, 3.8) is 0 Å². The third kappa shape index (κ3) is 11.9. The van der Waals surface area contributed by atoms with Gasteiger partial charge in [-0.25, -0.2) is 0 Å². The summed E-state index contributed by atoms with van der Waals surface area (Å²) in [6, 6.07) is 0. The molecule has 0 aliphatic carbocycles. The van der Waals surface area contributed by atoms with Gasteiger partial charge in [-0.1, -0.05) is 13.3 Å². The molecule has 0 saturated heterocycles. The second-order valence-electron chi connectivity index (χ2n) is 0.854. The molecule has 0 fully saturated rings. The smallest absolute Gasteiger partial charge is 0 e. The van der Waals surface area contributed by atoms with E-state index in [1.807, 2.05) is 0 Å². The first-order valence-electron chi connectivity index (χ1n) is 1.71. The van der Waals surface area contributed by atoms with Crippen molar-refractivity contribution in [1.29, 1.82) is 0 Å². The van der Waals surface area contributed by atoms with E-state index in [4.69, 9.17) is 0 Å². The predicted octanol–water partition coefficient (Wildman–Crippen LogP) is 1.62. The normalized spacial score (nSPS) is 6.00. The third-order valence-electron chi connectivity index (χ3n) is 0.354. The van der Waals surface area contributed by atoms with Crippen LogP contribution in [-0.4, -0.2) is 0 Å². The summed E-state index contributed by atoms with van der Waals surface area (Å²) in [4.78, 5) is 0. The van der Waals surface area contributed by atoms with Gasteiger partial charge in [0.25, 0.3) is 0 Å². The zero-order valence-corrected chi connectivity index (χ0v) is 6.46. The molecule has 0 N–H and O–H groups in total. The Hall–Kier alpha value is 0.688. The Morgan fingerprint density at radius 2 is 1.80 bits per heavy atom. The maximum absolute atomic E-state index is 3.60. The van der Waals surface area contributed by atoms with Gasteiger partial charge in [0.05, 0.1) is 0 Å². The van der Waals surface area contributed by atoms with Gasteiger partial charge >= 0.3 is 0 Å². The molecule has 32 valence electrons. The summed E-state index contributed by atoms with van der Waals surface area (Å²) in [6.45, 7) is 5.72. The number of hydrogen-bond acceptors (Lipinski definition) is 0. The molecule has 0 aromatic rings. The Labute approximate surface area is 48.2 Å². The molecular weight excluding hydrogens is 232 g/mol. The molecule has 0 aliphatic rings. The first kappa shape index (κ1) is 9.19.